The molecule has 5 nitrogen and oxygen atoms in total. The van der Waals surface area contributed by atoms with Gasteiger partial charge in [0.15, 0.2) is 0 Å². The van der Waals surface area contributed by atoms with Gasteiger partial charge in [-0.3, -0.25) is 4.79 Å². The largest absolute Gasteiger partial charge is 0.366 e. The van der Waals surface area contributed by atoms with Gasteiger partial charge in [-0.1, -0.05) is 26.2 Å². The molecule has 1 aliphatic rings. The third-order valence-corrected chi connectivity index (χ3v) is 5.72. The summed E-state index contributed by atoms with van der Waals surface area (Å²) in [6.07, 6.45) is 7.78. The van der Waals surface area contributed by atoms with E-state index in [9.17, 15) is 13.2 Å². The van der Waals surface area contributed by atoms with Crippen molar-refractivity contribution in [3.8, 4) is 0 Å². The van der Waals surface area contributed by atoms with Crippen molar-refractivity contribution in [2.24, 2.45) is 0 Å². The Bertz CT molecular complexity index is 574. The summed E-state index contributed by atoms with van der Waals surface area (Å²) >= 11 is 0. The highest BCUT2D eigenvalue weighted by Gasteiger charge is 2.32. The van der Waals surface area contributed by atoms with Crippen LogP contribution in [-0.2, 0) is 10.0 Å². The molecular formula is C13H20N2O3S. The summed E-state index contributed by atoms with van der Waals surface area (Å²) in [5.74, 6) is 0. The standard InChI is InChI=1S/C13H20N2O3S/c1-2-15(11-6-4-3-5-7-11)19(17,18)13-10-14-9-8-12(13)16/h8-11H,2-7H2,1H3,(H,14,16). The van der Waals surface area contributed by atoms with Crippen LogP contribution in [0.2, 0.25) is 0 Å². The van der Waals surface area contributed by atoms with E-state index in [4.69, 9.17) is 0 Å². The van der Waals surface area contributed by atoms with Crippen LogP contribution in [0.15, 0.2) is 28.2 Å². The average Bonchev–Trinajstić information content (AvgIpc) is 2.40. The molecule has 1 saturated carbocycles. The molecule has 1 aliphatic carbocycles. The van der Waals surface area contributed by atoms with Gasteiger partial charge in [0.25, 0.3) is 0 Å². The highest BCUT2D eigenvalue weighted by Crippen LogP contribution is 2.26. The third-order valence-electron chi connectivity index (χ3n) is 3.67. The molecule has 0 aromatic carbocycles. The smallest absolute Gasteiger partial charge is 0.248 e. The van der Waals surface area contributed by atoms with E-state index in [1.807, 2.05) is 6.92 Å². The van der Waals surface area contributed by atoms with Gasteiger partial charge in [-0.15, -0.1) is 0 Å². The Morgan fingerprint density at radius 3 is 2.58 bits per heavy atom. The molecule has 0 unspecified atom stereocenters. The van der Waals surface area contributed by atoms with Crippen molar-refractivity contribution in [3.05, 3.63) is 28.7 Å². The van der Waals surface area contributed by atoms with Gasteiger partial charge in [0, 0.05) is 31.0 Å². The molecule has 1 heterocycles. The molecule has 0 aliphatic heterocycles. The average molecular weight is 284 g/mol. The van der Waals surface area contributed by atoms with E-state index in [1.165, 1.54) is 29.2 Å². The zero-order valence-corrected chi connectivity index (χ0v) is 11.9. The van der Waals surface area contributed by atoms with Crippen LogP contribution in [0.4, 0.5) is 0 Å². The summed E-state index contributed by atoms with van der Waals surface area (Å²) in [5, 5.41) is 0. The lowest BCUT2D eigenvalue weighted by Crippen LogP contribution is -2.42. The fourth-order valence-electron chi connectivity index (χ4n) is 2.72. The number of sulfonamides is 1. The van der Waals surface area contributed by atoms with Crippen molar-refractivity contribution in [2.75, 3.05) is 6.54 Å². The first-order chi connectivity index (χ1) is 9.07. The van der Waals surface area contributed by atoms with Gasteiger partial charge in [0.05, 0.1) is 0 Å². The fraction of sp³-hybridized carbons (Fsp3) is 0.615. The monoisotopic (exact) mass is 284 g/mol. The second kappa shape index (κ2) is 5.88. The Kier molecular flexibility index (Phi) is 4.42. The van der Waals surface area contributed by atoms with Crippen LogP contribution in [0.25, 0.3) is 0 Å². The fourth-order valence-corrected chi connectivity index (χ4v) is 4.46. The lowest BCUT2D eigenvalue weighted by Gasteiger charge is -2.32. The lowest BCUT2D eigenvalue weighted by atomic mass is 9.95. The summed E-state index contributed by atoms with van der Waals surface area (Å²) in [5.41, 5.74) is -0.451. The molecule has 1 fully saturated rings. The van der Waals surface area contributed by atoms with Crippen molar-refractivity contribution >= 4 is 10.0 Å². The Morgan fingerprint density at radius 1 is 1.32 bits per heavy atom. The molecule has 1 N–H and O–H groups in total. The van der Waals surface area contributed by atoms with E-state index in [2.05, 4.69) is 4.98 Å². The van der Waals surface area contributed by atoms with Crippen molar-refractivity contribution in [1.29, 1.82) is 0 Å². The molecule has 0 bridgehead atoms. The molecule has 0 atom stereocenters. The summed E-state index contributed by atoms with van der Waals surface area (Å²) in [6, 6.07) is 1.28. The van der Waals surface area contributed by atoms with E-state index >= 15 is 0 Å². The van der Waals surface area contributed by atoms with Crippen molar-refractivity contribution in [2.45, 2.75) is 50.0 Å². The molecule has 6 heteroatoms. The van der Waals surface area contributed by atoms with Crippen molar-refractivity contribution in [3.63, 3.8) is 0 Å². The normalized spacial score (nSPS) is 17.8. The molecule has 2 rings (SSSR count). The molecule has 19 heavy (non-hydrogen) atoms. The minimum Gasteiger partial charge on any atom is -0.366 e. The number of rotatable bonds is 4. The first kappa shape index (κ1) is 14.3. The summed E-state index contributed by atoms with van der Waals surface area (Å²) in [4.78, 5) is 14.3. The molecular weight excluding hydrogens is 264 g/mol. The van der Waals surface area contributed by atoms with E-state index in [1.54, 1.807) is 0 Å². The highest BCUT2D eigenvalue weighted by molar-refractivity contribution is 7.89. The number of pyridine rings is 1. The number of aromatic nitrogens is 1. The van der Waals surface area contributed by atoms with Gasteiger partial charge in [0.1, 0.15) is 4.90 Å². The number of nitrogens with zero attached hydrogens (tertiary/aromatic N) is 1. The molecule has 0 saturated heterocycles. The Balaban J connectivity index is 2.36. The topological polar surface area (TPSA) is 70.2 Å². The quantitative estimate of drug-likeness (QED) is 0.915. The first-order valence-corrected chi connectivity index (χ1v) is 8.20. The van der Waals surface area contributed by atoms with E-state index in [0.29, 0.717) is 6.54 Å². The Labute approximate surface area is 113 Å². The summed E-state index contributed by atoms with van der Waals surface area (Å²) in [6.45, 7) is 2.23. The van der Waals surface area contributed by atoms with Crippen molar-refractivity contribution in [1.82, 2.24) is 9.29 Å². The minimum absolute atomic E-state index is 0.0309. The molecule has 1 aromatic rings. The van der Waals surface area contributed by atoms with Crippen LogP contribution >= 0.6 is 0 Å². The number of hydrogen-bond donors (Lipinski definition) is 1. The summed E-state index contributed by atoms with van der Waals surface area (Å²) in [7, 11) is -3.69. The maximum atomic E-state index is 12.6. The van der Waals surface area contributed by atoms with Gasteiger partial charge in [0.2, 0.25) is 15.5 Å². The molecule has 106 valence electrons. The van der Waals surface area contributed by atoms with Gasteiger partial charge < -0.3 is 4.98 Å². The number of nitrogens with one attached hydrogen (secondary N) is 1. The van der Waals surface area contributed by atoms with Crippen molar-refractivity contribution < 1.29 is 8.42 Å². The second-order valence-corrected chi connectivity index (χ2v) is 6.73. The Morgan fingerprint density at radius 2 is 2.00 bits per heavy atom. The van der Waals surface area contributed by atoms with E-state index in [0.717, 1.165) is 25.7 Å². The maximum Gasteiger partial charge on any atom is 0.248 e. The van der Waals surface area contributed by atoms with Crippen LogP contribution in [0.1, 0.15) is 39.0 Å². The predicted octanol–water partition coefficient (Wildman–Crippen LogP) is 1.72. The number of H-pyrrole nitrogens is 1. The van der Waals surface area contributed by atoms with E-state index < -0.39 is 15.5 Å². The lowest BCUT2D eigenvalue weighted by molar-refractivity contribution is 0.261. The Hall–Kier alpha value is -1.14. The van der Waals surface area contributed by atoms with Crippen LogP contribution in [0, 0.1) is 0 Å². The van der Waals surface area contributed by atoms with Crippen LogP contribution in [-0.4, -0.2) is 30.3 Å². The number of aromatic amines is 1. The molecule has 1 aromatic heterocycles. The summed E-state index contributed by atoms with van der Waals surface area (Å²) < 4.78 is 26.7. The predicted molar refractivity (Wildman–Crippen MR) is 73.5 cm³/mol. The van der Waals surface area contributed by atoms with Gasteiger partial charge in [-0.2, -0.15) is 4.31 Å². The highest BCUT2D eigenvalue weighted by atomic mass is 32.2. The van der Waals surface area contributed by atoms with Crippen LogP contribution in [0.5, 0.6) is 0 Å². The molecule has 0 amide bonds. The van der Waals surface area contributed by atoms with Crippen LogP contribution in [0.3, 0.4) is 0 Å². The van der Waals surface area contributed by atoms with Gasteiger partial charge in [-0.25, -0.2) is 8.42 Å². The second-order valence-electron chi connectivity index (χ2n) is 4.87. The molecule has 0 radical (unpaired) electrons. The molecule has 0 spiro atoms. The zero-order valence-electron chi connectivity index (χ0n) is 11.1. The first-order valence-electron chi connectivity index (χ1n) is 6.76. The third kappa shape index (κ3) is 2.90. The number of hydrogen-bond acceptors (Lipinski definition) is 3. The maximum absolute atomic E-state index is 12.6. The van der Waals surface area contributed by atoms with Gasteiger partial charge >= 0.3 is 0 Å². The van der Waals surface area contributed by atoms with Crippen LogP contribution < -0.4 is 5.43 Å². The van der Waals surface area contributed by atoms with Gasteiger partial charge in [-0.05, 0) is 12.8 Å². The van der Waals surface area contributed by atoms with E-state index in [-0.39, 0.29) is 10.9 Å². The minimum atomic E-state index is -3.69. The zero-order chi connectivity index (χ0) is 13.9. The SMILES string of the molecule is CCN(C1CCCCC1)S(=O)(=O)c1c[nH]ccc1=O.